The Kier molecular flexibility index (Phi) is 6.89. The van der Waals surface area contributed by atoms with E-state index in [9.17, 15) is 9.59 Å². The molecular weight excluding hydrogens is 332 g/mol. The summed E-state index contributed by atoms with van der Waals surface area (Å²) in [7, 11) is 0. The van der Waals surface area contributed by atoms with E-state index >= 15 is 0 Å². The van der Waals surface area contributed by atoms with Gasteiger partial charge in [0, 0.05) is 19.6 Å². The molecule has 1 aromatic rings. The molecule has 1 fully saturated rings. The largest absolute Gasteiger partial charge is 0.445 e. The van der Waals surface area contributed by atoms with Crippen molar-refractivity contribution in [3.05, 3.63) is 35.9 Å². The number of carbonyl (C=O) groups excluding carboxylic acids is 2. The van der Waals surface area contributed by atoms with Crippen LogP contribution >= 0.6 is 0 Å². The summed E-state index contributed by atoms with van der Waals surface area (Å²) in [5.74, 6) is 0. The van der Waals surface area contributed by atoms with Gasteiger partial charge in [0.05, 0.1) is 6.04 Å². The Balaban J connectivity index is 1.96. The normalized spacial score (nSPS) is 18.2. The summed E-state index contributed by atoms with van der Waals surface area (Å²) in [6.45, 7) is 9.46. The maximum atomic E-state index is 12.5. The molecule has 0 bridgehead atoms. The van der Waals surface area contributed by atoms with Gasteiger partial charge < -0.3 is 19.3 Å². The quantitative estimate of drug-likeness (QED) is 0.814. The number of carbonyl (C=O) groups is 2. The van der Waals surface area contributed by atoms with Crippen LogP contribution in [-0.4, -0.2) is 53.3 Å². The molecular formula is C20H30N2O4. The number of ether oxygens (including phenoxy) is 2. The molecule has 2 amide bonds. The van der Waals surface area contributed by atoms with E-state index in [0.29, 0.717) is 26.1 Å². The first kappa shape index (κ1) is 20.1. The standard InChI is InChI=1S/C20H30N2O4/c1-5-17-14-21(18(23)25-15-16-10-7-6-8-11-16)12-9-13-22(17)19(24)26-20(2,3)4/h6-8,10-11,17H,5,9,12-15H2,1-4H3/t17-/m1/s1. The van der Waals surface area contributed by atoms with Crippen LogP contribution in [0, 0.1) is 0 Å². The minimum atomic E-state index is -0.532. The lowest BCUT2D eigenvalue weighted by Crippen LogP contribution is -2.47. The van der Waals surface area contributed by atoms with Crippen molar-refractivity contribution in [3.8, 4) is 0 Å². The highest BCUT2D eigenvalue weighted by Crippen LogP contribution is 2.18. The molecule has 1 heterocycles. The van der Waals surface area contributed by atoms with E-state index in [4.69, 9.17) is 9.47 Å². The van der Waals surface area contributed by atoms with Crippen LogP contribution in [0.5, 0.6) is 0 Å². The van der Waals surface area contributed by atoms with E-state index in [1.165, 1.54) is 0 Å². The van der Waals surface area contributed by atoms with Crippen molar-refractivity contribution in [1.29, 1.82) is 0 Å². The Labute approximate surface area is 156 Å². The molecule has 1 aliphatic heterocycles. The molecule has 1 aliphatic rings. The van der Waals surface area contributed by atoms with E-state index in [0.717, 1.165) is 12.0 Å². The minimum Gasteiger partial charge on any atom is -0.445 e. The summed E-state index contributed by atoms with van der Waals surface area (Å²) in [6.07, 6.45) is 0.805. The predicted octanol–water partition coefficient (Wildman–Crippen LogP) is 4.04. The lowest BCUT2D eigenvalue weighted by molar-refractivity contribution is 0.0154. The Bertz CT molecular complexity index is 598. The van der Waals surface area contributed by atoms with Gasteiger partial charge in [-0.05, 0) is 39.2 Å². The molecule has 0 saturated carbocycles. The average Bonchev–Trinajstić information content (AvgIpc) is 2.81. The van der Waals surface area contributed by atoms with Crippen LogP contribution in [0.2, 0.25) is 0 Å². The van der Waals surface area contributed by atoms with Crippen LogP contribution < -0.4 is 0 Å². The van der Waals surface area contributed by atoms with Gasteiger partial charge in [-0.1, -0.05) is 37.3 Å². The van der Waals surface area contributed by atoms with Gasteiger partial charge in [0.2, 0.25) is 0 Å². The lowest BCUT2D eigenvalue weighted by atomic mass is 10.2. The first-order chi connectivity index (χ1) is 12.3. The third-order valence-electron chi connectivity index (χ3n) is 4.26. The molecule has 6 heteroatoms. The Hall–Kier alpha value is -2.24. The lowest BCUT2D eigenvalue weighted by Gasteiger charge is -2.32. The van der Waals surface area contributed by atoms with Gasteiger partial charge in [0.15, 0.2) is 0 Å². The summed E-state index contributed by atoms with van der Waals surface area (Å²) in [5, 5.41) is 0. The van der Waals surface area contributed by atoms with Crippen molar-refractivity contribution >= 4 is 12.2 Å². The van der Waals surface area contributed by atoms with E-state index in [1.807, 2.05) is 58.0 Å². The SMILES string of the molecule is CC[C@@H]1CN(C(=O)OCc2ccccc2)CCCN1C(=O)OC(C)(C)C. The molecule has 26 heavy (non-hydrogen) atoms. The monoisotopic (exact) mass is 362 g/mol. The number of amides is 2. The maximum Gasteiger partial charge on any atom is 0.410 e. The third kappa shape index (κ3) is 5.93. The zero-order chi connectivity index (χ0) is 19.2. The van der Waals surface area contributed by atoms with Gasteiger partial charge in [-0.2, -0.15) is 0 Å². The van der Waals surface area contributed by atoms with Gasteiger partial charge in [0.1, 0.15) is 12.2 Å². The van der Waals surface area contributed by atoms with E-state index in [1.54, 1.807) is 9.80 Å². The van der Waals surface area contributed by atoms with Crippen molar-refractivity contribution in [2.24, 2.45) is 0 Å². The molecule has 144 valence electrons. The molecule has 0 spiro atoms. The molecule has 0 unspecified atom stereocenters. The highest BCUT2D eigenvalue weighted by Gasteiger charge is 2.32. The first-order valence-electron chi connectivity index (χ1n) is 9.25. The molecule has 1 atom stereocenters. The fourth-order valence-corrected chi connectivity index (χ4v) is 2.95. The molecule has 0 aliphatic carbocycles. The zero-order valence-corrected chi connectivity index (χ0v) is 16.2. The zero-order valence-electron chi connectivity index (χ0n) is 16.2. The number of benzene rings is 1. The first-order valence-corrected chi connectivity index (χ1v) is 9.25. The second kappa shape index (κ2) is 8.92. The number of rotatable bonds is 3. The number of nitrogens with zero attached hydrogens (tertiary/aromatic N) is 2. The summed E-state index contributed by atoms with van der Waals surface area (Å²) in [4.78, 5) is 28.4. The van der Waals surface area contributed by atoms with Gasteiger partial charge >= 0.3 is 12.2 Å². The van der Waals surface area contributed by atoms with Crippen LogP contribution in [0.15, 0.2) is 30.3 Å². The van der Waals surface area contributed by atoms with Gasteiger partial charge in [0.25, 0.3) is 0 Å². The number of hydrogen-bond acceptors (Lipinski definition) is 4. The molecule has 1 saturated heterocycles. The third-order valence-corrected chi connectivity index (χ3v) is 4.26. The Morgan fingerprint density at radius 3 is 2.42 bits per heavy atom. The van der Waals surface area contributed by atoms with Gasteiger partial charge in [-0.25, -0.2) is 9.59 Å². The van der Waals surface area contributed by atoms with Crippen LogP contribution in [0.3, 0.4) is 0 Å². The Morgan fingerprint density at radius 1 is 1.12 bits per heavy atom. The summed E-state index contributed by atoms with van der Waals surface area (Å²) in [5.41, 5.74) is 0.425. The molecule has 2 rings (SSSR count). The van der Waals surface area contributed by atoms with Crippen LogP contribution in [0.1, 0.15) is 46.1 Å². The predicted molar refractivity (Wildman–Crippen MR) is 99.8 cm³/mol. The second-order valence-corrected chi connectivity index (χ2v) is 7.58. The summed E-state index contributed by atoms with van der Waals surface area (Å²) < 4.78 is 11.0. The van der Waals surface area contributed by atoms with E-state index in [2.05, 4.69) is 0 Å². The van der Waals surface area contributed by atoms with Crippen molar-refractivity contribution < 1.29 is 19.1 Å². The fourth-order valence-electron chi connectivity index (χ4n) is 2.95. The van der Waals surface area contributed by atoms with Crippen LogP contribution in [0.25, 0.3) is 0 Å². The minimum absolute atomic E-state index is 0.0726. The van der Waals surface area contributed by atoms with Crippen molar-refractivity contribution in [2.75, 3.05) is 19.6 Å². The summed E-state index contributed by atoms with van der Waals surface area (Å²) >= 11 is 0. The maximum absolute atomic E-state index is 12.5. The van der Waals surface area contributed by atoms with E-state index < -0.39 is 5.60 Å². The highest BCUT2D eigenvalue weighted by atomic mass is 16.6. The average molecular weight is 362 g/mol. The van der Waals surface area contributed by atoms with Gasteiger partial charge in [-0.15, -0.1) is 0 Å². The Morgan fingerprint density at radius 2 is 1.81 bits per heavy atom. The summed E-state index contributed by atoms with van der Waals surface area (Å²) in [6, 6.07) is 9.54. The molecule has 1 aromatic carbocycles. The molecule has 0 aromatic heterocycles. The van der Waals surface area contributed by atoms with Crippen LogP contribution in [-0.2, 0) is 16.1 Å². The van der Waals surface area contributed by atoms with E-state index in [-0.39, 0.29) is 24.8 Å². The molecule has 0 N–H and O–H groups in total. The van der Waals surface area contributed by atoms with Crippen molar-refractivity contribution in [3.63, 3.8) is 0 Å². The second-order valence-electron chi connectivity index (χ2n) is 7.58. The van der Waals surface area contributed by atoms with Crippen molar-refractivity contribution in [2.45, 2.75) is 58.8 Å². The highest BCUT2D eigenvalue weighted by molar-refractivity contribution is 5.70. The molecule has 6 nitrogen and oxygen atoms in total. The van der Waals surface area contributed by atoms with Crippen LogP contribution in [0.4, 0.5) is 9.59 Å². The smallest absolute Gasteiger partial charge is 0.410 e. The van der Waals surface area contributed by atoms with Crippen molar-refractivity contribution in [1.82, 2.24) is 9.80 Å². The molecule has 0 radical (unpaired) electrons. The fraction of sp³-hybridized carbons (Fsp3) is 0.600. The topological polar surface area (TPSA) is 59.1 Å². The van der Waals surface area contributed by atoms with Gasteiger partial charge in [-0.3, -0.25) is 0 Å². The number of hydrogen-bond donors (Lipinski definition) is 0.